The Morgan fingerprint density at radius 2 is 1.54 bits per heavy atom. The summed E-state index contributed by atoms with van der Waals surface area (Å²) in [4.78, 5) is 24.7. The lowest BCUT2D eigenvalue weighted by Gasteiger charge is -2.20. The van der Waals surface area contributed by atoms with Crippen LogP contribution in [0, 0.1) is 0 Å². The largest absolute Gasteiger partial charge is 0.496 e. The Hall–Kier alpha value is -2.63. The Balaban J connectivity index is 2.25. The number of ketones is 2. The number of allylic oxidation sites excluding steroid dienone is 2. The summed E-state index contributed by atoms with van der Waals surface area (Å²) in [6.07, 6.45) is 11.0. The first-order valence-electron chi connectivity index (χ1n) is 9.86. The molecule has 1 aromatic rings. The summed E-state index contributed by atoms with van der Waals surface area (Å²) in [6.45, 7) is 2.19. The van der Waals surface area contributed by atoms with Crippen LogP contribution >= 0.6 is 0 Å². The number of methoxy groups -OCH3 is 2. The Bertz CT molecular complexity index is 780. The third-order valence-electron chi connectivity index (χ3n) is 5.00. The third kappa shape index (κ3) is 4.80. The fraction of sp³-hybridized carbons (Fsp3) is 0.500. The van der Waals surface area contributed by atoms with Crippen LogP contribution in [-0.4, -0.2) is 36.7 Å². The molecule has 0 fully saturated rings. The van der Waals surface area contributed by atoms with Crippen molar-refractivity contribution < 1.29 is 24.3 Å². The van der Waals surface area contributed by atoms with Gasteiger partial charge in [0.15, 0.2) is 11.6 Å². The molecule has 0 saturated carbocycles. The number of nitrogens with zero attached hydrogens (tertiary/aromatic N) is 1. The van der Waals surface area contributed by atoms with E-state index in [1.807, 2.05) is 0 Å². The van der Waals surface area contributed by atoms with Crippen LogP contribution in [0.5, 0.6) is 11.5 Å². The Morgan fingerprint density at radius 1 is 0.929 bits per heavy atom. The molecular formula is C22H29NO5. The first kappa shape index (κ1) is 21.7. The Kier molecular flexibility index (Phi) is 8.23. The van der Waals surface area contributed by atoms with E-state index in [1.54, 1.807) is 6.07 Å². The number of ether oxygens (including phenoxy) is 2. The smallest absolute Gasteiger partial charge is 0.190 e. The molecule has 0 aromatic heterocycles. The van der Waals surface area contributed by atoms with E-state index >= 15 is 0 Å². The Labute approximate surface area is 166 Å². The van der Waals surface area contributed by atoms with Crippen LogP contribution < -0.4 is 9.47 Å². The molecule has 28 heavy (non-hydrogen) atoms. The molecule has 0 amide bonds. The molecule has 0 heterocycles. The number of fused-ring (bicyclic) bond motifs is 1. The van der Waals surface area contributed by atoms with Gasteiger partial charge in [0.2, 0.25) is 0 Å². The zero-order valence-corrected chi connectivity index (χ0v) is 16.9. The lowest BCUT2D eigenvalue weighted by Crippen LogP contribution is -2.17. The number of hydrogen-bond donors (Lipinski definition) is 1. The normalized spacial score (nSPS) is 13.6. The zero-order valence-electron chi connectivity index (χ0n) is 16.9. The van der Waals surface area contributed by atoms with Gasteiger partial charge < -0.3 is 14.7 Å². The summed E-state index contributed by atoms with van der Waals surface area (Å²) < 4.78 is 10.8. The van der Waals surface area contributed by atoms with Crippen molar-refractivity contribution in [2.45, 2.75) is 58.3 Å². The molecule has 6 heteroatoms. The number of unbranched alkanes of at least 4 members (excludes halogenated alkanes) is 6. The molecule has 0 radical (unpaired) electrons. The summed E-state index contributed by atoms with van der Waals surface area (Å²) in [6, 6.07) is 1.61. The van der Waals surface area contributed by atoms with Crippen molar-refractivity contribution in [3.63, 3.8) is 0 Å². The minimum Gasteiger partial charge on any atom is -0.496 e. The lowest BCUT2D eigenvalue weighted by atomic mass is 9.88. The molecule has 6 nitrogen and oxygen atoms in total. The maximum absolute atomic E-state index is 12.5. The third-order valence-corrected chi connectivity index (χ3v) is 5.00. The fourth-order valence-electron chi connectivity index (χ4n) is 3.51. The molecule has 0 atom stereocenters. The molecule has 152 valence electrons. The Morgan fingerprint density at radius 3 is 2.11 bits per heavy atom. The van der Waals surface area contributed by atoms with Gasteiger partial charge in [-0.2, -0.15) is 0 Å². The van der Waals surface area contributed by atoms with E-state index in [0.717, 1.165) is 19.3 Å². The van der Waals surface area contributed by atoms with Crippen LogP contribution in [0.3, 0.4) is 0 Å². The van der Waals surface area contributed by atoms with E-state index in [4.69, 9.17) is 9.47 Å². The highest BCUT2D eigenvalue weighted by Crippen LogP contribution is 2.38. The molecule has 1 aliphatic rings. The summed E-state index contributed by atoms with van der Waals surface area (Å²) in [5.74, 6) is -0.130. The van der Waals surface area contributed by atoms with Crippen molar-refractivity contribution in [1.82, 2.24) is 0 Å². The monoisotopic (exact) mass is 387 g/mol. The van der Waals surface area contributed by atoms with Crippen molar-refractivity contribution in [3.05, 3.63) is 34.9 Å². The molecule has 0 saturated heterocycles. The topological polar surface area (TPSA) is 85.2 Å². The van der Waals surface area contributed by atoms with Gasteiger partial charge in [0.1, 0.15) is 11.5 Å². The summed E-state index contributed by atoms with van der Waals surface area (Å²) >= 11 is 0. The summed E-state index contributed by atoms with van der Waals surface area (Å²) in [7, 11) is 2.87. The second-order valence-corrected chi connectivity index (χ2v) is 6.89. The molecule has 2 rings (SSSR count). The molecule has 1 N–H and O–H groups in total. The average molecular weight is 387 g/mol. The van der Waals surface area contributed by atoms with Crippen molar-refractivity contribution in [3.8, 4) is 11.5 Å². The predicted octanol–water partition coefficient (Wildman–Crippen LogP) is 4.96. The average Bonchev–Trinajstić information content (AvgIpc) is 2.71. The molecule has 0 bridgehead atoms. The molecule has 0 spiro atoms. The van der Waals surface area contributed by atoms with Gasteiger partial charge in [0.05, 0.1) is 31.1 Å². The second kappa shape index (κ2) is 10.6. The quantitative estimate of drug-likeness (QED) is 0.251. The maximum atomic E-state index is 12.5. The van der Waals surface area contributed by atoms with Gasteiger partial charge in [-0.15, -0.1) is 0 Å². The van der Waals surface area contributed by atoms with E-state index in [0.29, 0.717) is 17.7 Å². The minimum absolute atomic E-state index is 0.157. The summed E-state index contributed by atoms with van der Waals surface area (Å²) in [5, 5.41) is 13.0. The van der Waals surface area contributed by atoms with Gasteiger partial charge in [-0.05, 0) is 31.1 Å². The van der Waals surface area contributed by atoms with E-state index < -0.39 is 0 Å². The highest BCUT2D eigenvalue weighted by atomic mass is 16.5. The van der Waals surface area contributed by atoms with E-state index in [1.165, 1.54) is 52.1 Å². The number of carbonyl (C=O) groups excluding carboxylic acids is 2. The van der Waals surface area contributed by atoms with Crippen LogP contribution in [0.2, 0.25) is 0 Å². The number of carbonyl (C=O) groups is 2. The van der Waals surface area contributed by atoms with Crippen molar-refractivity contribution >= 4 is 17.3 Å². The molecule has 0 unspecified atom stereocenters. The van der Waals surface area contributed by atoms with Gasteiger partial charge in [-0.25, -0.2) is 0 Å². The minimum atomic E-state index is -0.334. The van der Waals surface area contributed by atoms with Crippen LogP contribution in [0.25, 0.3) is 0 Å². The van der Waals surface area contributed by atoms with Crippen LogP contribution in [0.1, 0.15) is 84.6 Å². The van der Waals surface area contributed by atoms with Gasteiger partial charge in [-0.3, -0.25) is 9.59 Å². The predicted molar refractivity (Wildman–Crippen MR) is 108 cm³/mol. The zero-order chi connectivity index (χ0) is 20.5. The van der Waals surface area contributed by atoms with E-state index in [2.05, 4.69) is 12.1 Å². The van der Waals surface area contributed by atoms with Crippen molar-refractivity contribution in [1.29, 1.82) is 0 Å². The number of oxime groups is 1. The van der Waals surface area contributed by atoms with Crippen molar-refractivity contribution in [2.24, 2.45) is 5.16 Å². The molecule has 0 aliphatic heterocycles. The number of benzene rings is 1. The molecular weight excluding hydrogens is 358 g/mol. The summed E-state index contributed by atoms with van der Waals surface area (Å²) in [5.41, 5.74) is 1.23. The first-order valence-corrected chi connectivity index (χ1v) is 9.86. The van der Waals surface area contributed by atoms with Crippen LogP contribution in [0.15, 0.2) is 23.4 Å². The molecule has 1 aliphatic carbocycles. The second-order valence-electron chi connectivity index (χ2n) is 6.89. The van der Waals surface area contributed by atoms with Gasteiger partial charge in [0, 0.05) is 5.56 Å². The first-order chi connectivity index (χ1) is 13.6. The highest BCUT2D eigenvalue weighted by Gasteiger charge is 2.31. The molecule has 1 aromatic carbocycles. The van der Waals surface area contributed by atoms with Gasteiger partial charge >= 0.3 is 0 Å². The number of hydrogen-bond acceptors (Lipinski definition) is 6. The van der Waals surface area contributed by atoms with Gasteiger partial charge in [0.25, 0.3) is 0 Å². The van der Waals surface area contributed by atoms with Crippen LogP contribution in [-0.2, 0) is 0 Å². The maximum Gasteiger partial charge on any atom is 0.190 e. The van der Waals surface area contributed by atoms with Crippen molar-refractivity contribution in [2.75, 3.05) is 14.2 Å². The SMILES string of the molecule is CCCCCCCCCC(=NO)c1cc(OC)c2c(c1OC)C(=O)C=CC2=O. The fourth-order valence-corrected chi connectivity index (χ4v) is 3.51. The highest BCUT2D eigenvalue weighted by molar-refractivity contribution is 6.25. The van der Waals surface area contributed by atoms with Gasteiger partial charge in [-0.1, -0.05) is 50.6 Å². The van der Waals surface area contributed by atoms with E-state index in [-0.39, 0.29) is 34.2 Å². The van der Waals surface area contributed by atoms with E-state index in [9.17, 15) is 14.8 Å². The van der Waals surface area contributed by atoms with Crippen LogP contribution in [0.4, 0.5) is 0 Å². The number of rotatable bonds is 11. The lowest BCUT2D eigenvalue weighted by molar-refractivity contribution is 0.0989. The standard InChI is InChI=1S/C22H29NO5/c1-4-5-6-7-8-9-10-11-16(23-26)15-14-19(27-2)20-17(24)12-13-18(25)21(20)22(15)28-3/h12-14,26H,4-11H2,1-3H3.